The Kier molecular flexibility index (Phi) is 4.55. The number of sulfonamides is 1. The van der Waals surface area contributed by atoms with E-state index in [2.05, 4.69) is 4.72 Å². The summed E-state index contributed by atoms with van der Waals surface area (Å²) < 4.78 is 27.1. The van der Waals surface area contributed by atoms with Gasteiger partial charge >= 0.3 is 0 Å². The summed E-state index contributed by atoms with van der Waals surface area (Å²) in [5.74, 6) is 0. The summed E-state index contributed by atoms with van der Waals surface area (Å²) in [6.45, 7) is 0. The van der Waals surface area contributed by atoms with Crippen LogP contribution in [0.1, 0.15) is 22.7 Å². The van der Waals surface area contributed by atoms with Crippen LogP contribution in [-0.4, -0.2) is 19.6 Å². The Morgan fingerprint density at radius 2 is 1.83 bits per heavy atom. The largest absolute Gasteiger partial charge is 0.391 e. The van der Waals surface area contributed by atoms with Gasteiger partial charge in [-0.3, -0.25) is 0 Å². The summed E-state index contributed by atoms with van der Waals surface area (Å²) in [6, 6.07) is 13.8. The maximum Gasteiger partial charge on any atom is 0.234 e. The van der Waals surface area contributed by atoms with Crippen LogP contribution in [0.15, 0.2) is 53.9 Å². The van der Waals surface area contributed by atoms with Crippen LogP contribution in [0.4, 0.5) is 0 Å². The average Bonchev–Trinajstić information content (AvgIpc) is 2.82. The first-order valence-corrected chi connectivity index (χ1v) is 9.09. The van der Waals surface area contributed by atoms with Crippen LogP contribution in [0, 0.1) is 0 Å². The quantitative estimate of drug-likeness (QED) is 0.892. The molecule has 1 aliphatic rings. The van der Waals surface area contributed by atoms with Crippen molar-refractivity contribution in [3.8, 4) is 0 Å². The highest BCUT2D eigenvalue weighted by Gasteiger charge is 2.33. The molecular formula is C17H16ClNO3S. The van der Waals surface area contributed by atoms with Gasteiger partial charge in [-0.15, -0.1) is 0 Å². The van der Waals surface area contributed by atoms with E-state index in [0.29, 0.717) is 17.0 Å². The molecule has 1 aliphatic carbocycles. The van der Waals surface area contributed by atoms with Crippen molar-refractivity contribution in [2.24, 2.45) is 0 Å². The van der Waals surface area contributed by atoms with Crippen LogP contribution in [0.25, 0.3) is 6.08 Å². The normalized spacial score (nSPS) is 20.8. The lowest BCUT2D eigenvalue weighted by Gasteiger charge is -2.16. The smallest absolute Gasteiger partial charge is 0.234 e. The number of aliphatic hydroxyl groups excluding tert-OH is 1. The molecule has 0 unspecified atom stereocenters. The van der Waals surface area contributed by atoms with Crippen molar-refractivity contribution in [3.63, 3.8) is 0 Å². The third-order valence-electron chi connectivity index (χ3n) is 3.83. The molecule has 2 atom stereocenters. The number of rotatable bonds is 4. The first-order valence-electron chi connectivity index (χ1n) is 7.17. The summed E-state index contributed by atoms with van der Waals surface area (Å²) in [4.78, 5) is 0. The molecular weight excluding hydrogens is 334 g/mol. The van der Waals surface area contributed by atoms with Gasteiger partial charge in [0, 0.05) is 16.9 Å². The van der Waals surface area contributed by atoms with Crippen LogP contribution >= 0.6 is 11.6 Å². The minimum Gasteiger partial charge on any atom is -0.391 e. The van der Waals surface area contributed by atoms with E-state index in [4.69, 9.17) is 11.6 Å². The molecule has 0 bridgehead atoms. The molecule has 0 saturated heterocycles. The maximum absolute atomic E-state index is 12.3. The number of hydrogen-bond donors (Lipinski definition) is 2. The Morgan fingerprint density at radius 1 is 1.13 bits per heavy atom. The van der Waals surface area contributed by atoms with Crippen LogP contribution in [-0.2, 0) is 16.4 Å². The first-order chi connectivity index (χ1) is 11.0. The van der Waals surface area contributed by atoms with E-state index in [9.17, 15) is 13.5 Å². The molecule has 23 heavy (non-hydrogen) atoms. The fraction of sp³-hybridized carbons (Fsp3) is 0.176. The highest BCUT2D eigenvalue weighted by atomic mass is 35.5. The van der Waals surface area contributed by atoms with Gasteiger partial charge in [0.1, 0.15) is 0 Å². The first kappa shape index (κ1) is 16.2. The second-order valence-corrected chi connectivity index (χ2v) is 7.44. The Morgan fingerprint density at radius 3 is 2.61 bits per heavy atom. The standard InChI is InChI=1S/C17H16ClNO3S/c18-15-8-4-2-5-12(15)9-10-23(21,22)19-17-14-7-3-1-6-13(14)11-16(17)20/h1-10,16-17,19-20H,11H2/b10-9+/t16-,17+/m1/s1. The Hall–Kier alpha value is -1.66. The topological polar surface area (TPSA) is 66.4 Å². The van der Waals surface area contributed by atoms with Gasteiger partial charge in [0.2, 0.25) is 10.0 Å². The summed E-state index contributed by atoms with van der Waals surface area (Å²) in [6.07, 6.45) is 1.12. The molecule has 120 valence electrons. The Bertz CT molecular complexity index is 848. The Balaban J connectivity index is 1.81. The van der Waals surface area contributed by atoms with E-state index in [-0.39, 0.29) is 0 Å². The molecule has 0 radical (unpaired) electrons. The molecule has 0 spiro atoms. The lowest BCUT2D eigenvalue weighted by Crippen LogP contribution is -2.32. The summed E-state index contributed by atoms with van der Waals surface area (Å²) >= 11 is 6.01. The predicted molar refractivity (Wildman–Crippen MR) is 91.4 cm³/mol. The zero-order chi connectivity index (χ0) is 16.4. The molecule has 2 aromatic carbocycles. The highest BCUT2D eigenvalue weighted by molar-refractivity contribution is 7.92. The fourth-order valence-electron chi connectivity index (χ4n) is 2.71. The minimum absolute atomic E-state index is 0.442. The molecule has 0 amide bonds. The SMILES string of the molecule is O=S(=O)(/C=C/c1ccccc1Cl)N[C@H]1c2ccccc2C[C@H]1O. The van der Waals surface area contributed by atoms with Crippen molar-refractivity contribution in [1.29, 1.82) is 0 Å². The number of fused-ring (bicyclic) bond motifs is 1. The average molecular weight is 350 g/mol. The van der Waals surface area contributed by atoms with Crippen molar-refractivity contribution in [2.45, 2.75) is 18.6 Å². The number of hydrogen-bond acceptors (Lipinski definition) is 3. The van der Waals surface area contributed by atoms with Gasteiger partial charge in [0.05, 0.1) is 12.1 Å². The monoisotopic (exact) mass is 349 g/mol. The number of aliphatic hydroxyl groups is 1. The predicted octanol–water partition coefficient (Wildman–Crippen LogP) is 2.89. The van der Waals surface area contributed by atoms with E-state index >= 15 is 0 Å². The molecule has 4 nitrogen and oxygen atoms in total. The number of benzene rings is 2. The second kappa shape index (κ2) is 6.45. The van der Waals surface area contributed by atoms with Crippen LogP contribution in [0.2, 0.25) is 5.02 Å². The van der Waals surface area contributed by atoms with Crippen molar-refractivity contribution >= 4 is 27.7 Å². The van der Waals surface area contributed by atoms with Crippen molar-refractivity contribution in [1.82, 2.24) is 4.72 Å². The van der Waals surface area contributed by atoms with Gasteiger partial charge < -0.3 is 5.11 Å². The molecule has 2 N–H and O–H groups in total. The lowest BCUT2D eigenvalue weighted by molar-refractivity contribution is 0.152. The molecule has 0 aromatic heterocycles. The van der Waals surface area contributed by atoms with Gasteiger partial charge in [-0.05, 0) is 28.8 Å². The summed E-state index contributed by atoms with van der Waals surface area (Å²) in [7, 11) is -3.70. The van der Waals surface area contributed by atoms with E-state index in [0.717, 1.165) is 16.5 Å². The molecule has 2 aromatic rings. The maximum atomic E-state index is 12.3. The second-order valence-electron chi connectivity index (χ2n) is 5.44. The minimum atomic E-state index is -3.70. The van der Waals surface area contributed by atoms with Crippen LogP contribution in [0.3, 0.4) is 0 Å². The van der Waals surface area contributed by atoms with Gasteiger partial charge in [-0.2, -0.15) is 0 Å². The summed E-state index contributed by atoms with van der Waals surface area (Å²) in [5.41, 5.74) is 2.39. The fourth-order valence-corrected chi connectivity index (χ4v) is 3.95. The Labute approximate surface area is 140 Å². The zero-order valence-electron chi connectivity index (χ0n) is 12.2. The van der Waals surface area contributed by atoms with E-state index in [1.807, 2.05) is 24.3 Å². The number of nitrogens with one attached hydrogen (secondary N) is 1. The molecule has 0 heterocycles. The molecule has 3 rings (SSSR count). The highest BCUT2D eigenvalue weighted by Crippen LogP contribution is 2.31. The zero-order valence-corrected chi connectivity index (χ0v) is 13.8. The van der Waals surface area contributed by atoms with Gasteiger partial charge in [-0.25, -0.2) is 13.1 Å². The van der Waals surface area contributed by atoms with Gasteiger partial charge in [0.25, 0.3) is 0 Å². The number of halogens is 1. The van der Waals surface area contributed by atoms with Gasteiger partial charge in [0.15, 0.2) is 0 Å². The third-order valence-corrected chi connectivity index (χ3v) is 5.25. The van der Waals surface area contributed by atoms with Gasteiger partial charge in [-0.1, -0.05) is 54.1 Å². The molecule has 6 heteroatoms. The van der Waals surface area contributed by atoms with E-state index in [1.165, 1.54) is 6.08 Å². The lowest BCUT2D eigenvalue weighted by atomic mass is 10.1. The van der Waals surface area contributed by atoms with Crippen molar-refractivity contribution in [3.05, 3.63) is 75.7 Å². The molecule has 0 aliphatic heterocycles. The van der Waals surface area contributed by atoms with Crippen LogP contribution in [0.5, 0.6) is 0 Å². The van der Waals surface area contributed by atoms with Crippen LogP contribution < -0.4 is 4.72 Å². The third kappa shape index (κ3) is 3.64. The summed E-state index contributed by atoms with van der Waals surface area (Å²) in [5, 5.41) is 11.7. The van der Waals surface area contributed by atoms with Crippen molar-refractivity contribution < 1.29 is 13.5 Å². The molecule has 0 saturated carbocycles. The van der Waals surface area contributed by atoms with E-state index in [1.54, 1.807) is 24.3 Å². The van der Waals surface area contributed by atoms with E-state index < -0.39 is 22.2 Å². The van der Waals surface area contributed by atoms with Crippen molar-refractivity contribution in [2.75, 3.05) is 0 Å². The molecule has 0 fully saturated rings.